The molecule has 1 aromatic heterocycles. The van der Waals surface area contributed by atoms with Crippen molar-refractivity contribution in [2.24, 2.45) is 0 Å². The topological polar surface area (TPSA) is 29.1 Å². The number of halogens is 1. The van der Waals surface area contributed by atoms with Gasteiger partial charge in [0.25, 0.3) is 0 Å². The van der Waals surface area contributed by atoms with Crippen LogP contribution in [0, 0.1) is 0 Å². The molecule has 0 saturated heterocycles. The van der Waals surface area contributed by atoms with Gasteiger partial charge in [0.2, 0.25) is 0 Å². The second-order valence-electron chi connectivity index (χ2n) is 4.76. The van der Waals surface area contributed by atoms with E-state index < -0.39 is 0 Å². The lowest BCUT2D eigenvalue weighted by Gasteiger charge is -2.25. The summed E-state index contributed by atoms with van der Waals surface area (Å²) in [5.74, 6) is 0.292. The summed E-state index contributed by atoms with van der Waals surface area (Å²) < 4.78 is 1.06. The third kappa shape index (κ3) is 2.81. The summed E-state index contributed by atoms with van der Waals surface area (Å²) in [5.41, 5.74) is 2.45. The number of hydrogen-bond donors (Lipinski definition) is 1. The molecule has 0 saturated carbocycles. The van der Waals surface area contributed by atoms with Gasteiger partial charge in [0.15, 0.2) is 0 Å². The summed E-state index contributed by atoms with van der Waals surface area (Å²) >= 11 is 5.07. The van der Waals surface area contributed by atoms with E-state index in [2.05, 4.69) is 33.4 Å². The summed E-state index contributed by atoms with van der Waals surface area (Å²) in [6.45, 7) is 1.62. The Morgan fingerprint density at radius 2 is 2.26 bits per heavy atom. The molecule has 2 heterocycles. The maximum atomic E-state index is 12.5. The molecule has 3 rings (SSSR count). The Morgan fingerprint density at radius 1 is 1.42 bits per heavy atom. The molecular weight excluding hydrogens is 322 g/mol. The third-order valence-corrected chi connectivity index (χ3v) is 5.15. The Morgan fingerprint density at radius 3 is 3.05 bits per heavy atom. The van der Waals surface area contributed by atoms with Crippen molar-refractivity contribution in [3.63, 3.8) is 0 Å². The summed E-state index contributed by atoms with van der Waals surface area (Å²) in [6, 6.07) is 10.3. The van der Waals surface area contributed by atoms with E-state index in [9.17, 15) is 4.79 Å². The lowest BCUT2D eigenvalue weighted by atomic mass is 9.86. The molecule has 0 spiro atoms. The van der Waals surface area contributed by atoms with Crippen LogP contribution in [0.4, 0.5) is 0 Å². The summed E-state index contributed by atoms with van der Waals surface area (Å²) in [4.78, 5) is 13.6. The minimum Gasteiger partial charge on any atom is -0.312 e. The monoisotopic (exact) mass is 335 g/mol. The molecule has 1 unspecified atom stereocenters. The molecule has 0 bridgehead atoms. The molecule has 1 N–H and O–H groups in total. The first kappa shape index (κ1) is 13.0. The molecule has 0 amide bonds. The molecular formula is C15H14BrNOS. The van der Waals surface area contributed by atoms with Crippen molar-refractivity contribution in [2.45, 2.75) is 18.9 Å². The zero-order valence-electron chi connectivity index (χ0n) is 10.4. The van der Waals surface area contributed by atoms with Crippen molar-refractivity contribution in [3.8, 4) is 0 Å². The van der Waals surface area contributed by atoms with Crippen molar-refractivity contribution in [2.75, 3.05) is 6.54 Å². The van der Waals surface area contributed by atoms with Gasteiger partial charge in [-0.05, 0) is 33.1 Å². The van der Waals surface area contributed by atoms with Gasteiger partial charge in [0.05, 0.1) is 5.92 Å². The molecule has 2 aromatic rings. The Bertz CT molecular complexity index is 608. The highest BCUT2D eigenvalue weighted by atomic mass is 79.9. The van der Waals surface area contributed by atoms with E-state index in [0.29, 0.717) is 12.2 Å². The zero-order valence-corrected chi connectivity index (χ0v) is 12.8. The van der Waals surface area contributed by atoms with Gasteiger partial charge in [-0.1, -0.05) is 24.3 Å². The molecule has 0 aliphatic carbocycles. The SMILES string of the molecule is O=C(Cc1cc(Br)cs1)C1CNCc2ccccc21. The molecule has 1 aliphatic rings. The first-order valence-electron chi connectivity index (χ1n) is 6.28. The lowest BCUT2D eigenvalue weighted by Crippen LogP contribution is -2.33. The maximum absolute atomic E-state index is 12.5. The van der Waals surface area contributed by atoms with Crippen LogP contribution in [0.15, 0.2) is 40.2 Å². The average Bonchev–Trinajstić information content (AvgIpc) is 2.83. The zero-order chi connectivity index (χ0) is 13.2. The minimum atomic E-state index is -0.00849. The number of thiophene rings is 1. The Hall–Kier alpha value is -0.970. The van der Waals surface area contributed by atoms with Crippen LogP contribution < -0.4 is 5.32 Å². The fourth-order valence-corrected chi connectivity index (χ4v) is 3.99. The smallest absolute Gasteiger partial charge is 0.146 e. The van der Waals surface area contributed by atoms with Crippen LogP contribution in [0.1, 0.15) is 21.9 Å². The highest BCUT2D eigenvalue weighted by Gasteiger charge is 2.26. The molecule has 19 heavy (non-hydrogen) atoms. The summed E-state index contributed by atoms with van der Waals surface area (Å²) in [5, 5.41) is 5.36. The van der Waals surface area contributed by atoms with Crippen LogP contribution in [0.5, 0.6) is 0 Å². The first-order valence-corrected chi connectivity index (χ1v) is 7.95. The Kier molecular flexibility index (Phi) is 3.82. The number of ketones is 1. The highest BCUT2D eigenvalue weighted by Crippen LogP contribution is 2.27. The van der Waals surface area contributed by atoms with Gasteiger partial charge in [-0.25, -0.2) is 0 Å². The van der Waals surface area contributed by atoms with Gasteiger partial charge >= 0.3 is 0 Å². The fourth-order valence-electron chi connectivity index (χ4n) is 2.52. The van der Waals surface area contributed by atoms with Gasteiger partial charge in [0, 0.05) is 34.2 Å². The second kappa shape index (κ2) is 5.57. The van der Waals surface area contributed by atoms with Gasteiger partial charge in [-0.3, -0.25) is 4.79 Å². The van der Waals surface area contributed by atoms with E-state index in [1.165, 1.54) is 11.1 Å². The van der Waals surface area contributed by atoms with Crippen molar-refractivity contribution < 1.29 is 4.79 Å². The van der Waals surface area contributed by atoms with Crippen LogP contribution in [0.25, 0.3) is 0 Å². The van der Waals surface area contributed by atoms with Gasteiger partial charge in [-0.2, -0.15) is 0 Å². The van der Waals surface area contributed by atoms with Gasteiger partial charge in [0.1, 0.15) is 5.78 Å². The molecule has 1 aliphatic heterocycles. The quantitative estimate of drug-likeness (QED) is 0.929. The summed E-state index contributed by atoms with van der Waals surface area (Å²) in [7, 11) is 0. The number of benzene rings is 1. The third-order valence-electron chi connectivity index (χ3n) is 3.45. The maximum Gasteiger partial charge on any atom is 0.146 e. The van der Waals surface area contributed by atoms with E-state index in [4.69, 9.17) is 0 Å². The number of rotatable bonds is 3. The van der Waals surface area contributed by atoms with Crippen LogP contribution in [-0.4, -0.2) is 12.3 Å². The Balaban J connectivity index is 1.81. The molecule has 1 atom stereocenters. The minimum absolute atomic E-state index is 0.00849. The molecule has 0 radical (unpaired) electrons. The number of carbonyl (C=O) groups is 1. The van der Waals surface area contributed by atoms with E-state index in [0.717, 1.165) is 22.4 Å². The first-order chi connectivity index (χ1) is 9.24. The molecule has 1 aromatic carbocycles. The van der Waals surface area contributed by atoms with E-state index in [1.54, 1.807) is 11.3 Å². The predicted molar refractivity (Wildman–Crippen MR) is 81.6 cm³/mol. The molecule has 98 valence electrons. The second-order valence-corrected chi connectivity index (χ2v) is 6.67. The van der Waals surface area contributed by atoms with E-state index >= 15 is 0 Å². The van der Waals surface area contributed by atoms with Crippen LogP contribution >= 0.6 is 27.3 Å². The average molecular weight is 336 g/mol. The number of carbonyl (C=O) groups excluding carboxylic acids is 1. The Labute approximate surface area is 125 Å². The summed E-state index contributed by atoms with van der Waals surface area (Å²) in [6.07, 6.45) is 0.525. The van der Waals surface area contributed by atoms with Gasteiger partial charge in [-0.15, -0.1) is 11.3 Å². The van der Waals surface area contributed by atoms with E-state index in [-0.39, 0.29) is 5.92 Å². The van der Waals surface area contributed by atoms with Crippen molar-refractivity contribution in [3.05, 3.63) is 56.2 Å². The van der Waals surface area contributed by atoms with Crippen molar-refractivity contribution in [1.29, 1.82) is 0 Å². The number of hydrogen-bond acceptors (Lipinski definition) is 3. The van der Waals surface area contributed by atoms with Crippen molar-refractivity contribution in [1.82, 2.24) is 5.32 Å². The molecule has 2 nitrogen and oxygen atoms in total. The van der Waals surface area contributed by atoms with Crippen LogP contribution in [-0.2, 0) is 17.8 Å². The number of nitrogens with one attached hydrogen (secondary N) is 1. The fraction of sp³-hybridized carbons (Fsp3) is 0.267. The van der Waals surface area contributed by atoms with Gasteiger partial charge < -0.3 is 5.32 Å². The largest absolute Gasteiger partial charge is 0.312 e. The van der Waals surface area contributed by atoms with Crippen LogP contribution in [0.2, 0.25) is 0 Å². The normalized spacial score (nSPS) is 18.1. The molecule has 4 heteroatoms. The van der Waals surface area contributed by atoms with Crippen LogP contribution in [0.3, 0.4) is 0 Å². The highest BCUT2D eigenvalue weighted by molar-refractivity contribution is 9.10. The lowest BCUT2D eigenvalue weighted by molar-refractivity contribution is -0.119. The number of fused-ring (bicyclic) bond motifs is 1. The molecule has 0 fully saturated rings. The standard InChI is InChI=1S/C15H14BrNOS/c16-11-5-12(19-9-11)6-15(18)14-8-17-7-10-3-1-2-4-13(10)14/h1-5,9,14,17H,6-8H2. The predicted octanol–water partition coefficient (Wildman–Crippen LogP) is 3.51. The number of Topliss-reactive ketones (excluding diaryl/α,β-unsaturated/α-hetero) is 1. The van der Waals surface area contributed by atoms with Crippen molar-refractivity contribution >= 4 is 33.0 Å². The van der Waals surface area contributed by atoms with E-state index in [1.807, 2.05) is 23.6 Å².